The average Bonchev–Trinajstić information content (AvgIpc) is 2.45. The van der Waals surface area contributed by atoms with Gasteiger partial charge in [-0.2, -0.15) is 4.98 Å². The fourth-order valence-corrected chi connectivity index (χ4v) is 1.54. The van der Waals surface area contributed by atoms with Gasteiger partial charge in [0, 0.05) is 6.04 Å². The monoisotopic (exact) mass is 187 g/mol. The van der Waals surface area contributed by atoms with E-state index in [2.05, 4.69) is 23.9 Å². The minimum atomic E-state index is -0.264. The largest absolute Gasteiger partial charge is 0.362 e. The van der Waals surface area contributed by atoms with E-state index in [0.717, 1.165) is 11.6 Å². The molecule has 0 aliphatic rings. The first-order valence-corrected chi connectivity index (χ1v) is 5.14. The van der Waals surface area contributed by atoms with Gasteiger partial charge in [0.1, 0.15) is 0 Å². The molecule has 0 saturated heterocycles. The van der Waals surface area contributed by atoms with E-state index in [1.807, 2.05) is 10.9 Å². The third-order valence-corrected chi connectivity index (χ3v) is 2.49. The van der Waals surface area contributed by atoms with Crippen LogP contribution in [0.1, 0.15) is 26.3 Å². The Morgan fingerprint density at radius 1 is 1.75 bits per heavy atom. The summed E-state index contributed by atoms with van der Waals surface area (Å²) < 4.78 is 1.81. The van der Waals surface area contributed by atoms with E-state index in [9.17, 15) is 4.79 Å². The summed E-state index contributed by atoms with van der Waals surface area (Å²) >= 11 is 1.48. The fourth-order valence-electron chi connectivity index (χ4n) is 0.942. The van der Waals surface area contributed by atoms with E-state index >= 15 is 0 Å². The summed E-state index contributed by atoms with van der Waals surface area (Å²) in [5.41, 5.74) is -0.264. The first-order chi connectivity index (χ1) is 5.69. The molecule has 68 valence electrons. The molecule has 0 saturated carbocycles. The molecule has 0 aliphatic carbocycles. The van der Waals surface area contributed by atoms with Crippen LogP contribution < -0.4 is 5.69 Å². The van der Waals surface area contributed by atoms with Crippen molar-refractivity contribution < 1.29 is 0 Å². The number of nitrogens with one attached hydrogen (secondary N) is 1. The number of nitrogens with zero attached hydrogens (tertiary/aromatic N) is 2. The van der Waals surface area contributed by atoms with Crippen molar-refractivity contribution in [1.29, 1.82) is 0 Å². The van der Waals surface area contributed by atoms with Gasteiger partial charge in [0.25, 0.3) is 0 Å². The maximum Gasteiger partial charge on any atom is 0.362 e. The lowest BCUT2D eigenvalue weighted by molar-refractivity contribution is 0.439. The summed E-state index contributed by atoms with van der Waals surface area (Å²) in [7, 11) is 0. The van der Waals surface area contributed by atoms with Crippen LogP contribution in [-0.4, -0.2) is 21.0 Å². The molecular formula is C7H13N3OS. The molecule has 1 N–H and O–H groups in total. The van der Waals surface area contributed by atoms with E-state index in [4.69, 9.17) is 0 Å². The summed E-state index contributed by atoms with van der Waals surface area (Å²) in [6, 6.07) is 0.308. The molecule has 1 rings (SSSR count). The van der Waals surface area contributed by atoms with Crippen molar-refractivity contribution in [2.75, 3.05) is 6.26 Å². The lowest BCUT2D eigenvalue weighted by Gasteiger charge is -2.10. The van der Waals surface area contributed by atoms with Gasteiger partial charge in [-0.25, -0.2) is 9.89 Å². The van der Waals surface area contributed by atoms with Crippen molar-refractivity contribution >= 4 is 11.8 Å². The molecule has 0 radical (unpaired) electrons. The second kappa shape index (κ2) is 3.80. The van der Waals surface area contributed by atoms with Gasteiger partial charge in [-0.05, 0) is 19.6 Å². The average molecular weight is 187 g/mol. The third kappa shape index (κ3) is 1.72. The standard InChI is InChI=1S/C7H13N3OS/c1-4-5(2)10-7(12-3)8-6(11)9-10/h5H,4H2,1-3H3,(H,9,11). The number of rotatable bonds is 3. The van der Waals surface area contributed by atoms with E-state index in [0.29, 0.717) is 6.04 Å². The molecule has 1 atom stereocenters. The molecule has 0 fully saturated rings. The molecule has 1 heterocycles. The Morgan fingerprint density at radius 3 is 2.92 bits per heavy atom. The van der Waals surface area contributed by atoms with Gasteiger partial charge in [-0.1, -0.05) is 18.7 Å². The van der Waals surface area contributed by atoms with Crippen molar-refractivity contribution in [2.45, 2.75) is 31.5 Å². The Morgan fingerprint density at radius 2 is 2.42 bits per heavy atom. The highest BCUT2D eigenvalue weighted by Crippen LogP contribution is 2.15. The summed E-state index contributed by atoms with van der Waals surface area (Å²) in [6.07, 6.45) is 2.90. The quantitative estimate of drug-likeness (QED) is 0.725. The van der Waals surface area contributed by atoms with Gasteiger partial charge in [0.2, 0.25) is 0 Å². The Bertz CT molecular complexity index is 304. The smallest absolute Gasteiger partial charge is 0.258 e. The second-order valence-electron chi connectivity index (χ2n) is 2.64. The predicted molar refractivity (Wildman–Crippen MR) is 49.6 cm³/mol. The van der Waals surface area contributed by atoms with Crippen LogP contribution >= 0.6 is 11.8 Å². The highest BCUT2D eigenvalue weighted by Gasteiger charge is 2.09. The Hall–Kier alpha value is -0.710. The molecule has 0 spiro atoms. The number of aromatic nitrogens is 3. The van der Waals surface area contributed by atoms with Gasteiger partial charge in [0.15, 0.2) is 5.16 Å². The van der Waals surface area contributed by atoms with Gasteiger partial charge in [0.05, 0.1) is 0 Å². The normalized spacial score (nSPS) is 13.2. The minimum Gasteiger partial charge on any atom is -0.258 e. The Kier molecular flexibility index (Phi) is 2.97. The Balaban J connectivity index is 3.04. The highest BCUT2D eigenvalue weighted by molar-refractivity contribution is 7.98. The molecule has 1 unspecified atom stereocenters. The molecule has 0 bridgehead atoms. The number of thioether (sulfide) groups is 1. The number of hydrogen-bond acceptors (Lipinski definition) is 3. The molecule has 0 aromatic carbocycles. The predicted octanol–water partition coefficient (Wildman–Crippen LogP) is 1.26. The number of aromatic amines is 1. The van der Waals surface area contributed by atoms with E-state index in [-0.39, 0.29) is 5.69 Å². The zero-order valence-electron chi connectivity index (χ0n) is 7.50. The summed E-state index contributed by atoms with van der Waals surface area (Å²) in [5.74, 6) is 0. The topological polar surface area (TPSA) is 50.7 Å². The van der Waals surface area contributed by atoms with Crippen molar-refractivity contribution in [3.8, 4) is 0 Å². The third-order valence-electron chi connectivity index (χ3n) is 1.83. The van der Waals surface area contributed by atoms with Gasteiger partial charge in [-0.15, -0.1) is 0 Å². The Labute approximate surface area is 75.4 Å². The zero-order chi connectivity index (χ0) is 9.14. The zero-order valence-corrected chi connectivity index (χ0v) is 8.31. The lowest BCUT2D eigenvalue weighted by atomic mass is 10.3. The van der Waals surface area contributed by atoms with Crippen LogP contribution in [0.2, 0.25) is 0 Å². The van der Waals surface area contributed by atoms with E-state index in [1.165, 1.54) is 11.8 Å². The second-order valence-corrected chi connectivity index (χ2v) is 3.42. The first-order valence-electron chi connectivity index (χ1n) is 3.91. The van der Waals surface area contributed by atoms with Crippen LogP contribution in [0.15, 0.2) is 9.95 Å². The van der Waals surface area contributed by atoms with Gasteiger partial charge >= 0.3 is 5.69 Å². The summed E-state index contributed by atoms with van der Waals surface area (Å²) in [4.78, 5) is 14.7. The fraction of sp³-hybridized carbons (Fsp3) is 0.714. The molecule has 4 nitrogen and oxygen atoms in total. The minimum absolute atomic E-state index is 0.264. The lowest BCUT2D eigenvalue weighted by Crippen LogP contribution is -2.10. The summed E-state index contributed by atoms with van der Waals surface area (Å²) in [5, 5.41) is 3.43. The maximum atomic E-state index is 10.9. The molecule has 12 heavy (non-hydrogen) atoms. The van der Waals surface area contributed by atoms with Gasteiger partial charge in [-0.3, -0.25) is 4.68 Å². The number of H-pyrrole nitrogens is 1. The van der Waals surface area contributed by atoms with Crippen LogP contribution in [0, 0.1) is 0 Å². The van der Waals surface area contributed by atoms with E-state index < -0.39 is 0 Å². The molecule has 5 heteroatoms. The van der Waals surface area contributed by atoms with Crippen molar-refractivity contribution in [3.63, 3.8) is 0 Å². The van der Waals surface area contributed by atoms with E-state index in [1.54, 1.807) is 0 Å². The van der Waals surface area contributed by atoms with Crippen LogP contribution in [0.4, 0.5) is 0 Å². The molecule has 1 aromatic rings. The maximum absolute atomic E-state index is 10.9. The highest BCUT2D eigenvalue weighted by atomic mass is 32.2. The molecule has 0 aliphatic heterocycles. The van der Waals surface area contributed by atoms with Crippen molar-refractivity contribution in [3.05, 3.63) is 10.5 Å². The summed E-state index contributed by atoms with van der Waals surface area (Å²) in [6.45, 7) is 4.13. The van der Waals surface area contributed by atoms with Gasteiger partial charge < -0.3 is 0 Å². The van der Waals surface area contributed by atoms with Crippen LogP contribution in [0.3, 0.4) is 0 Å². The van der Waals surface area contributed by atoms with Crippen molar-refractivity contribution in [2.24, 2.45) is 0 Å². The van der Waals surface area contributed by atoms with Crippen LogP contribution in [0.25, 0.3) is 0 Å². The number of hydrogen-bond donors (Lipinski definition) is 1. The molecule has 1 aromatic heterocycles. The SMILES string of the molecule is CCC(C)n1[nH]c(=O)nc1SC. The molecular weight excluding hydrogens is 174 g/mol. The van der Waals surface area contributed by atoms with Crippen LogP contribution in [-0.2, 0) is 0 Å². The molecule has 0 amide bonds. The first kappa shape index (κ1) is 9.38. The van der Waals surface area contributed by atoms with Crippen LogP contribution in [0.5, 0.6) is 0 Å². The van der Waals surface area contributed by atoms with Crippen molar-refractivity contribution in [1.82, 2.24) is 14.8 Å².